The van der Waals surface area contributed by atoms with E-state index in [2.05, 4.69) is 20.0 Å². The van der Waals surface area contributed by atoms with Gasteiger partial charge in [-0.05, 0) is 31.4 Å². The van der Waals surface area contributed by atoms with E-state index in [0.29, 0.717) is 5.52 Å². The van der Waals surface area contributed by atoms with E-state index < -0.39 is 50.3 Å². The Bertz CT molecular complexity index is 1450. The second-order valence-electron chi connectivity index (χ2n) is 11.5. The van der Waals surface area contributed by atoms with Crippen LogP contribution in [0, 0.1) is 5.41 Å². The number of imidazole rings is 1. The van der Waals surface area contributed by atoms with Crippen LogP contribution in [0.1, 0.15) is 40.8 Å². The molecule has 0 aliphatic carbocycles. The molecule has 16 heteroatoms. The molecule has 1 fully saturated rings. The second-order valence-corrected chi connectivity index (χ2v) is 13.2. The van der Waals surface area contributed by atoms with Crippen LogP contribution in [0.2, 0.25) is 0 Å². The lowest BCUT2D eigenvalue weighted by molar-refractivity contribution is -0.148. The maximum absolute atomic E-state index is 13.9. The second kappa shape index (κ2) is 12.1. The Labute approximate surface area is 243 Å². The topological polar surface area (TPSA) is 208 Å². The smallest absolute Gasteiger partial charge is 0.459 e. The molecule has 0 bridgehead atoms. The van der Waals surface area contributed by atoms with Crippen molar-refractivity contribution in [2.45, 2.75) is 64.6 Å². The molecule has 42 heavy (non-hydrogen) atoms. The van der Waals surface area contributed by atoms with E-state index in [1.165, 1.54) is 24.9 Å². The Morgan fingerprint density at radius 1 is 1.29 bits per heavy atom. The monoisotopic (exact) mass is 607 g/mol. The number of aliphatic hydroxyl groups excluding tert-OH is 1. The zero-order valence-corrected chi connectivity index (χ0v) is 25.3. The number of nitrogens with zero attached hydrogens (tertiary/aromatic N) is 4. The normalized spacial score (nSPS) is 24.7. The lowest BCUT2D eigenvalue weighted by Crippen LogP contribution is -2.52. The number of aliphatic hydroxyl groups is 1. The summed E-state index contributed by atoms with van der Waals surface area (Å²) in [5, 5.41) is 13.8. The van der Waals surface area contributed by atoms with Crippen LogP contribution in [0.25, 0.3) is 11.2 Å². The number of hydrogen-bond acceptors (Lipinski definition) is 13. The molecule has 0 amide bonds. The molecule has 230 valence electrons. The highest BCUT2D eigenvalue weighted by Crippen LogP contribution is 2.47. The molecule has 15 nitrogen and oxygen atoms in total. The fraction of sp³-hybridized carbons (Fsp3) is 0.538. The summed E-state index contributed by atoms with van der Waals surface area (Å²) in [4.78, 5) is 25.2. The Morgan fingerprint density at radius 3 is 2.62 bits per heavy atom. The molecule has 1 aromatic carbocycles. The number of methoxy groups -OCH3 is 1. The van der Waals surface area contributed by atoms with Crippen LogP contribution < -0.4 is 25.8 Å². The third-order valence-electron chi connectivity index (χ3n) is 6.41. The van der Waals surface area contributed by atoms with Gasteiger partial charge in [-0.25, -0.2) is 9.55 Å². The Morgan fingerprint density at radius 2 is 1.98 bits per heavy atom. The van der Waals surface area contributed by atoms with Crippen LogP contribution in [0.4, 0.5) is 5.95 Å². The lowest BCUT2D eigenvalue weighted by Gasteiger charge is -2.28. The van der Waals surface area contributed by atoms with Gasteiger partial charge in [0.25, 0.3) is 0 Å². The summed E-state index contributed by atoms with van der Waals surface area (Å²) in [6.45, 7) is 8.56. The summed E-state index contributed by atoms with van der Waals surface area (Å²) in [6.07, 6.45) is -1.93. The van der Waals surface area contributed by atoms with Gasteiger partial charge in [-0.2, -0.15) is 15.1 Å². The predicted octanol–water partition coefficient (Wildman–Crippen LogP) is 2.16. The molecule has 0 spiro atoms. The number of ether oxygens (including phenoxy) is 3. The van der Waals surface area contributed by atoms with Crippen LogP contribution in [-0.2, 0) is 23.4 Å². The largest absolute Gasteiger partial charge is 0.479 e. The summed E-state index contributed by atoms with van der Waals surface area (Å²) < 4.78 is 43.6. The van der Waals surface area contributed by atoms with Gasteiger partial charge in [0, 0.05) is 0 Å². The average Bonchev–Trinajstić information content (AvgIpc) is 3.43. The van der Waals surface area contributed by atoms with E-state index in [0.717, 1.165) is 0 Å². The van der Waals surface area contributed by atoms with Gasteiger partial charge in [-0.1, -0.05) is 39.0 Å². The minimum absolute atomic E-state index is 0.0570. The number of esters is 1. The number of para-hydroxylation sites is 1. The van der Waals surface area contributed by atoms with Gasteiger partial charge in [0.05, 0.1) is 32.2 Å². The molecular weight excluding hydrogens is 569 g/mol. The molecule has 4 rings (SSSR count). The third kappa shape index (κ3) is 7.00. The minimum Gasteiger partial charge on any atom is -0.479 e. The highest BCUT2D eigenvalue weighted by molar-refractivity contribution is 7.52. The number of rotatable bonds is 11. The molecular formula is C26H38N7O8P. The SMILES string of the molecule is COc1nc(N)nc2c1ncn2[C@@H]1O[C@H](COP(=O)(N[C@@H](C)C(=O)OCC(C)(C)C)Oc2ccccc2)C(O)[C@@]1(C)N. The van der Waals surface area contributed by atoms with E-state index in [-0.39, 0.29) is 35.2 Å². The average molecular weight is 608 g/mol. The van der Waals surface area contributed by atoms with Gasteiger partial charge in [0.2, 0.25) is 11.8 Å². The highest BCUT2D eigenvalue weighted by atomic mass is 31.2. The van der Waals surface area contributed by atoms with Crippen LogP contribution in [0.5, 0.6) is 11.6 Å². The van der Waals surface area contributed by atoms with Crippen molar-refractivity contribution < 1.29 is 37.7 Å². The number of benzene rings is 1. The van der Waals surface area contributed by atoms with Gasteiger partial charge in [-0.15, -0.1) is 0 Å². The van der Waals surface area contributed by atoms with Crippen molar-refractivity contribution in [3.05, 3.63) is 36.7 Å². The summed E-state index contributed by atoms with van der Waals surface area (Å²) in [7, 11) is -2.81. The molecule has 6 N–H and O–H groups in total. The standard InChI is InChI=1S/C26H38N7O8P/c1-15(22(35)38-13-25(2,3)4)32-42(36,41-16-10-8-7-9-11-16)39-12-17-19(34)26(5,28)23(40-17)33-14-29-18-20(33)30-24(27)31-21(18)37-6/h7-11,14-15,17,19,23,34H,12-13,28H2,1-6H3,(H,32,36)(H2,27,30,31)/t15-,17+,19?,23+,26+,42?/m0/s1. The Hall–Kier alpha value is -3.33. The fourth-order valence-corrected chi connectivity index (χ4v) is 5.74. The van der Waals surface area contributed by atoms with Crippen molar-refractivity contribution >= 4 is 30.8 Å². The number of nitrogens with one attached hydrogen (secondary N) is 1. The number of fused-ring (bicyclic) bond motifs is 1. The van der Waals surface area contributed by atoms with E-state index in [9.17, 15) is 14.5 Å². The molecule has 0 radical (unpaired) electrons. The van der Waals surface area contributed by atoms with Crippen molar-refractivity contribution in [1.29, 1.82) is 0 Å². The van der Waals surface area contributed by atoms with Crippen molar-refractivity contribution in [3.8, 4) is 11.6 Å². The zero-order valence-electron chi connectivity index (χ0n) is 24.4. The molecule has 1 aliphatic rings. The van der Waals surface area contributed by atoms with Crippen molar-refractivity contribution in [3.63, 3.8) is 0 Å². The van der Waals surface area contributed by atoms with Crippen LogP contribution >= 0.6 is 7.75 Å². The number of nitrogens with two attached hydrogens (primary N) is 2. The number of nitrogen functional groups attached to an aromatic ring is 1. The van der Waals surface area contributed by atoms with Crippen LogP contribution in [0.3, 0.4) is 0 Å². The summed E-state index contributed by atoms with van der Waals surface area (Å²) in [6, 6.07) is 7.25. The van der Waals surface area contributed by atoms with Gasteiger partial charge in [-0.3, -0.25) is 13.9 Å². The molecule has 3 heterocycles. The third-order valence-corrected chi connectivity index (χ3v) is 8.05. The number of aromatic nitrogens is 4. The molecule has 2 aromatic heterocycles. The van der Waals surface area contributed by atoms with Gasteiger partial charge >= 0.3 is 13.7 Å². The van der Waals surface area contributed by atoms with Gasteiger partial charge < -0.3 is 35.3 Å². The first-order chi connectivity index (χ1) is 19.6. The summed E-state index contributed by atoms with van der Waals surface area (Å²) in [5.74, 6) is -0.304. The molecule has 6 atom stereocenters. The molecule has 0 saturated carbocycles. The Kier molecular flexibility index (Phi) is 9.11. The first-order valence-electron chi connectivity index (χ1n) is 13.2. The Balaban J connectivity index is 1.54. The number of anilines is 1. The lowest BCUT2D eigenvalue weighted by atomic mass is 9.93. The molecule has 3 aromatic rings. The molecule has 1 saturated heterocycles. The van der Waals surface area contributed by atoms with Gasteiger partial charge in [0.15, 0.2) is 17.4 Å². The molecule has 2 unspecified atom stereocenters. The zero-order chi connectivity index (χ0) is 30.9. The molecule has 1 aliphatic heterocycles. The van der Waals surface area contributed by atoms with Crippen molar-refractivity contribution in [1.82, 2.24) is 24.6 Å². The quantitative estimate of drug-likeness (QED) is 0.182. The number of carbonyl (C=O) groups excluding carboxylic acids is 1. The predicted molar refractivity (Wildman–Crippen MR) is 152 cm³/mol. The van der Waals surface area contributed by atoms with E-state index >= 15 is 0 Å². The summed E-state index contributed by atoms with van der Waals surface area (Å²) >= 11 is 0. The first kappa shape index (κ1) is 31.6. The van der Waals surface area contributed by atoms with Crippen molar-refractivity contribution in [2.24, 2.45) is 11.1 Å². The fourth-order valence-electron chi connectivity index (χ4n) is 4.23. The van der Waals surface area contributed by atoms with E-state index in [1.807, 2.05) is 20.8 Å². The minimum atomic E-state index is -4.23. The number of carbonyl (C=O) groups is 1. The maximum Gasteiger partial charge on any atom is 0.459 e. The summed E-state index contributed by atoms with van der Waals surface area (Å²) in [5.41, 5.74) is 11.3. The van der Waals surface area contributed by atoms with Crippen LogP contribution in [-0.4, -0.2) is 74.7 Å². The number of hydrogen-bond donors (Lipinski definition) is 4. The van der Waals surface area contributed by atoms with Crippen molar-refractivity contribution in [2.75, 3.05) is 26.1 Å². The van der Waals surface area contributed by atoms with Crippen LogP contribution in [0.15, 0.2) is 36.7 Å². The first-order valence-corrected chi connectivity index (χ1v) is 14.8. The van der Waals surface area contributed by atoms with E-state index in [1.54, 1.807) is 37.3 Å². The van der Waals surface area contributed by atoms with Gasteiger partial charge in [0.1, 0.15) is 24.0 Å². The maximum atomic E-state index is 13.9. The van der Waals surface area contributed by atoms with E-state index in [4.69, 9.17) is 34.7 Å². The highest BCUT2D eigenvalue weighted by Gasteiger charge is 2.53.